The van der Waals surface area contributed by atoms with Gasteiger partial charge in [-0.3, -0.25) is 0 Å². The molecular formula is C11H16N2O5S. The van der Waals surface area contributed by atoms with E-state index in [4.69, 9.17) is 9.84 Å². The van der Waals surface area contributed by atoms with Crippen LogP contribution < -0.4 is 4.72 Å². The number of methoxy groups -OCH3 is 1. The van der Waals surface area contributed by atoms with Crippen molar-refractivity contribution in [1.82, 2.24) is 9.71 Å². The van der Waals surface area contributed by atoms with Gasteiger partial charge < -0.3 is 14.8 Å². The zero-order valence-electron chi connectivity index (χ0n) is 10.5. The number of aromatic amines is 1. The first-order valence-electron chi connectivity index (χ1n) is 5.85. The Kier molecular flexibility index (Phi) is 3.66. The minimum absolute atomic E-state index is 0.0875. The second-order valence-corrected chi connectivity index (χ2v) is 6.39. The molecule has 3 N–H and O–H groups in total. The van der Waals surface area contributed by atoms with Crippen molar-refractivity contribution in [2.45, 2.75) is 29.8 Å². The molecule has 0 amide bonds. The Morgan fingerprint density at radius 2 is 2.26 bits per heavy atom. The fourth-order valence-electron chi connectivity index (χ4n) is 1.99. The van der Waals surface area contributed by atoms with E-state index in [-0.39, 0.29) is 17.1 Å². The van der Waals surface area contributed by atoms with Gasteiger partial charge in [0, 0.05) is 19.9 Å². The minimum atomic E-state index is -3.72. The van der Waals surface area contributed by atoms with Crippen molar-refractivity contribution in [3.8, 4) is 0 Å². The Bertz CT molecular complexity index is 568. The zero-order chi connectivity index (χ0) is 14.1. The summed E-state index contributed by atoms with van der Waals surface area (Å²) in [5.41, 5.74) is -0.579. The average molecular weight is 288 g/mol. The van der Waals surface area contributed by atoms with Crippen LogP contribution in [0.15, 0.2) is 17.2 Å². The second kappa shape index (κ2) is 4.95. The summed E-state index contributed by atoms with van der Waals surface area (Å²) in [7, 11) is -2.16. The van der Waals surface area contributed by atoms with Crippen molar-refractivity contribution in [2.24, 2.45) is 0 Å². The SMILES string of the molecule is COC1(CNS(=O)(=O)c2c[nH]c(C(=O)O)c2)CCC1. The van der Waals surface area contributed by atoms with Crippen LogP contribution in [-0.4, -0.2) is 43.7 Å². The number of sulfonamides is 1. The summed E-state index contributed by atoms with van der Waals surface area (Å²) in [6, 6.07) is 1.09. The largest absolute Gasteiger partial charge is 0.477 e. The molecule has 106 valence electrons. The molecule has 1 aliphatic rings. The monoisotopic (exact) mass is 288 g/mol. The van der Waals surface area contributed by atoms with Gasteiger partial charge >= 0.3 is 5.97 Å². The molecule has 1 saturated carbocycles. The van der Waals surface area contributed by atoms with Crippen LogP contribution in [0.5, 0.6) is 0 Å². The molecule has 1 fully saturated rings. The fraction of sp³-hybridized carbons (Fsp3) is 0.545. The van der Waals surface area contributed by atoms with Gasteiger partial charge in [0.2, 0.25) is 10.0 Å². The van der Waals surface area contributed by atoms with Gasteiger partial charge in [0.15, 0.2) is 0 Å². The smallest absolute Gasteiger partial charge is 0.352 e. The maximum Gasteiger partial charge on any atom is 0.352 e. The van der Waals surface area contributed by atoms with Crippen molar-refractivity contribution in [2.75, 3.05) is 13.7 Å². The highest BCUT2D eigenvalue weighted by Gasteiger charge is 2.38. The third-order valence-electron chi connectivity index (χ3n) is 3.48. The molecule has 0 unspecified atom stereocenters. The van der Waals surface area contributed by atoms with E-state index in [1.54, 1.807) is 7.11 Å². The number of carboxylic acids is 1. The van der Waals surface area contributed by atoms with Crippen molar-refractivity contribution >= 4 is 16.0 Å². The molecule has 0 bridgehead atoms. The molecule has 0 aromatic carbocycles. The lowest BCUT2D eigenvalue weighted by Gasteiger charge is -2.40. The number of hydrogen-bond donors (Lipinski definition) is 3. The van der Waals surface area contributed by atoms with E-state index in [1.807, 2.05) is 0 Å². The van der Waals surface area contributed by atoms with Gasteiger partial charge in [-0.05, 0) is 25.3 Å². The first-order valence-corrected chi connectivity index (χ1v) is 7.33. The Hall–Kier alpha value is -1.38. The third kappa shape index (κ3) is 2.80. The first kappa shape index (κ1) is 14.0. The topological polar surface area (TPSA) is 108 Å². The predicted octanol–water partition coefficient (Wildman–Crippen LogP) is 0.560. The molecule has 1 heterocycles. The van der Waals surface area contributed by atoms with E-state index < -0.39 is 21.6 Å². The van der Waals surface area contributed by atoms with E-state index in [0.717, 1.165) is 31.5 Å². The number of carbonyl (C=O) groups is 1. The fourth-order valence-corrected chi connectivity index (χ4v) is 3.09. The third-order valence-corrected chi connectivity index (χ3v) is 4.86. The van der Waals surface area contributed by atoms with Gasteiger partial charge in [-0.1, -0.05) is 0 Å². The highest BCUT2D eigenvalue weighted by molar-refractivity contribution is 7.89. The number of aromatic nitrogens is 1. The lowest BCUT2D eigenvalue weighted by Crippen LogP contribution is -2.49. The van der Waals surface area contributed by atoms with Gasteiger partial charge in [0.05, 0.1) is 5.60 Å². The Morgan fingerprint density at radius 1 is 1.58 bits per heavy atom. The van der Waals surface area contributed by atoms with E-state index in [9.17, 15) is 13.2 Å². The molecule has 1 aromatic heterocycles. The Labute approximate surface area is 111 Å². The van der Waals surface area contributed by atoms with Crippen LogP contribution in [0.25, 0.3) is 0 Å². The number of aromatic carboxylic acids is 1. The molecule has 8 heteroatoms. The summed E-state index contributed by atoms with van der Waals surface area (Å²) in [6.45, 7) is 0.194. The molecule has 0 spiro atoms. The van der Waals surface area contributed by atoms with Crippen LogP contribution in [0.2, 0.25) is 0 Å². The number of carboxylic acid groups (broad SMARTS) is 1. The van der Waals surface area contributed by atoms with Gasteiger partial charge in [-0.25, -0.2) is 17.9 Å². The number of hydrogen-bond acceptors (Lipinski definition) is 4. The molecule has 0 saturated heterocycles. The summed E-state index contributed by atoms with van der Waals surface area (Å²) >= 11 is 0. The number of H-pyrrole nitrogens is 1. The zero-order valence-corrected chi connectivity index (χ0v) is 11.3. The van der Waals surface area contributed by atoms with E-state index in [0.29, 0.717) is 0 Å². The van der Waals surface area contributed by atoms with E-state index >= 15 is 0 Å². The lowest BCUT2D eigenvalue weighted by molar-refractivity contribution is -0.0659. The van der Waals surface area contributed by atoms with E-state index in [1.165, 1.54) is 0 Å². The summed E-state index contributed by atoms with van der Waals surface area (Å²) < 4.78 is 31.8. The maximum absolute atomic E-state index is 12.0. The van der Waals surface area contributed by atoms with Crippen LogP contribution in [0.4, 0.5) is 0 Å². The molecule has 7 nitrogen and oxygen atoms in total. The molecule has 0 aliphatic heterocycles. The average Bonchev–Trinajstić information content (AvgIpc) is 2.78. The Morgan fingerprint density at radius 3 is 2.68 bits per heavy atom. The van der Waals surface area contributed by atoms with Crippen LogP contribution in [-0.2, 0) is 14.8 Å². The molecule has 1 aliphatic carbocycles. The quantitative estimate of drug-likeness (QED) is 0.708. The molecular weight excluding hydrogens is 272 g/mol. The van der Waals surface area contributed by atoms with Gasteiger partial charge in [0.25, 0.3) is 0 Å². The van der Waals surface area contributed by atoms with Crippen molar-refractivity contribution in [1.29, 1.82) is 0 Å². The lowest BCUT2D eigenvalue weighted by atomic mass is 9.80. The van der Waals surface area contributed by atoms with Crippen molar-refractivity contribution in [3.05, 3.63) is 18.0 Å². The molecule has 1 aromatic rings. The second-order valence-electron chi connectivity index (χ2n) is 4.62. The maximum atomic E-state index is 12.0. The molecule has 2 rings (SSSR count). The van der Waals surface area contributed by atoms with Crippen LogP contribution in [0, 0.1) is 0 Å². The summed E-state index contributed by atoms with van der Waals surface area (Å²) in [5, 5.41) is 8.74. The Balaban J connectivity index is 2.07. The standard InChI is InChI=1S/C11H16N2O5S/c1-18-11(3-2-4-11)7-13-19(16,17)8-5-9(10(14)15)12-6-8/h5-6,12-13H,2-4,7H2,1H3,(H,14,15). The number of rotatable bonds is 6. The predicted molar refractivity (Wildman–Crippen MR) is 66.5 cm³/mol. The van der Waals surface area contributed by atoms with Gasteiger partial charge in [-0.2, -0.15) is 0 Å². The number of ether oxygens (including phenoxy) is 1. The van der Waals surface area contributed by atoms with Crippen molar-refractivity contribution < 1.29 is 23.1 Å². The highest BCUT2D eigenvalue weighted by Crippen LogP contribution is 2.34. The van der Waals surface area contributed by atoms with Crippen LogP contribution in [0.3, 0.4) is 0 Å². The molecule has 0 radical (unpaired) electrons. The van der Waals surface area contributed by atoms with Gasteiger partial charge in [0.1, 0.15) is 10.6 Å². The summed E-state index contributed by atoms with van der Waals surface area (Å²) in [4.78, 5) is 13.0. The molecule has 19 heavy (non-hydrogen) atoms. The minimum Gasteiger partial charge on any atom is -0.477 e. The van der Waals surface area contributed by atoms with Gasteiger partial charge in [-0.15, -0.1) is 0 Å². The number of nitrogens with one attached hydrogen (secondary N) is 2. The summed E-state index contributed by atoms with van der Waals surface area (Å²) in [6.07, 6.45) is 3.81. The van der Waals surface area contributed by atoms with Crippen LogP contribution in [0.1, 0.15) is 29.8 Å². The first-order chi connectivity index (χ1) is 8.88. The highest BCUT2D eigenvalue weighted by atomic mass is 32.2. The van der Waals surface area contributed by atoms with Crippen LogP contribution >= 0.6 is 0 Å². The normalized spacial score (nSPS) is 17.9. The summed E-state index contributed by atoms with van der Waals surface area (Å²) in [5.74, 6) is -1.20. The molecule has 0 atom stereocenters. The van der Waals surface area contributed by atoms with Crippen molar-refractivity contribution in [3.63, 3.8) is 0 Å². The van der Waals surface area contributed by atoms with E-state index in [2.05, 4.69) is 9.71 Å².